The first-order valence-corrected chi connectivity index (χ1v) is 12.5. The summed E-state index contributed by atoms with van der Waals surface area (Å²) in [5.74, 6) is 0.917. The van der Waals surface area contributed by atoms with Crippen LogP contribution in [0.15, 0.2) is 71.8 Å². The minimum Gasteiger partial charge on any atom is -0.472 e. The Morgan fingerprint density at radius 1 is 1.11 bits per heavy atom. The molecular weight excluding hydrogens is 464 g/mol. The van der Waals surface area contributed by atoms with Crippen LogP contribution >= 0.6 is 0 Å². The van der Waals surface area contributed by atoms with Gasteiger partial charge in [-0.15, -0.1) is 0 Å². The van der Waals surface area contributed by atoms with E-state index in [1.807, 2.05) is 43.3 Å². The molecule has 2 aromatic heterocycles. The van der Waals surface area contributed by atoms with E-state index in [0.717, 1.165) is 11.1 Å². The van der Waals surface area contributed by atoms with E-state index < -0.39 is 10.0 Å². The number of benzene rings is 2. The topological polar surface area (TPSA) is 113 Å². The van der Waals surface area contributed by atoms with Crippen LogP contribution in [0.25, 0.3) is 10.9 Å². The third-order valence-electron chi connectivity index (χ3n) is 5.50. The van der Waals surface area contributed by atoms with Gasteiger partial charge in [-0.1, -0.05) is 30.3 Å². The van der Waals surface area contributed by atoms with E-state index in [1.165, 1.54) is 18.4 Å². The summed E-state index contributed by atoms with van der Waals surface area (Å²) in [5, 5.41) is 17.9. The van der Waals surface area contributed by atoms with Gasteiger partial charge in [0.25, 0.3) is 0 Å². The number of aromatic nitrogens is 3. The van der Waals surface area contributed by atoms with Gasteiger partial charge in [0.15, 0.2) is 5.82 Å². The Hall–Kier alpha value is -3.94. The molecule has 4 rings (SSSR count). The summed E-state index contributed by atoms with van der Waals surface area (Å²) in [6.07, 6.45) is 1.94. The first-order valence-electron chi connectivity index (χ1n) is 11.0. The Labute approximate surface area is 204 Å². The molecule has 1 unspecified atom stereocenters. The Bertz CT molecular complexity index is 1460. The predicted octanol–water partition coefficient (Wildman–Crippen LogP) is 4.48. The molecule has 1 atom stereocenters. The molecule has 0 bridgehead atoms. The van der Waals surface area contributed by atoms with Crippen LogP contribution in [-0.2, 0) is 16.6 Å². The van der Waals surface area contributed by atoms with Crippen LogP contribution in [0.2, 0.25) is 0 Å². The Balaban J connectivity index is 1.72. The lowest BCUT2D eigenvalue weighted by molar-refractivity contribution is 0.298. The lowest BCUT2D eigenvalue weighted by atomic mass is 10.2. The molecule has 10 heteroatoms. The van der Waals surface area contributed by atoms with Crippen molar-refractivity contribution in [2.45, 2.75) is 30.9 Å². The number of nitrogens with zero attached hydrogens (tertiary/aromatic N) is 5. The van der Waals surface area contributed by atoms with Crippen molar-refractivity contribution in [1.29, 1.82) is 5.26 Å². The summed E-state index contributed by atoms with van der Waals surface area (Å²) >= 11 is 0. The highest BCUT2D eigenvalue weighted by Gasteiger charge is 2.21. The van der Waals surface area contributed by atoms with E-state index in [9.17, 15) is 13.7 Å². The van der Waals surface area contributed by atoms with Gasteiger partial charge in [-0.25, -0.2) is 17.7 Å². The van der Waals surface area contributed by atoms with Crippen molar-refractivity contribution < 1.29 is 13.2 Å². The summed E-state index contributed by atoms with van der Waals surface area (Å²) in [6, 6.07) is 20.1. The highest BCUT2D eigenvalue weighted by atomic mass is 32.2. The number of hydrogen-bond donors (Lipinski definition) is 1. The van der Waals surface area contributed by atoms with Gasteiger partial charge in [-0.3, -0.25) is 4.68 Å². The standard InChI is InChI=1S/C25H26N6O3S/c1-18(13-15-26)31-22-14-16-27-25(34-17-19-7-5-4-6-8-19)23(22)24(29-31)28-20-9-11-21(12-10-20)35(32,33)30(2)3/h4-12,14,16,18H,13,17H2,1-3H3,(H,28,29). The number of anilines is 2. The number of rotatable bonds is 9. The molecule has 4 aromatic rings. The molecule has 35 heavy (non-hydrogen) atoms. The smallest absolute Gasteiger partial charge is 0.242 e. The maximum atomic E-state index is 12.4. The van der Waals surface area contributed by atoms with Gasteiger partial charge in [0.05, 0.1) is 28.9 Å². The number of nitriles is 1. The monoisotopic (exact) mass is 490 g/mol. The second kappa shape index (κ2) is 10.1. The predicted molar refractivity (Wildman–Crippen MR) is 134 cm³/mol. The Kier molecular flexibility index (Phi) is 7.00. The van der Waals surface area contributed by atoms with Gasteiger partial charge >= 0.3 is 0 Å². The third-order valence-corrected chi connectivity index (χ3v) is 7.33. The van der Waals surface area contributed by atoms with Gasteiger partial charge < -0.3 is 10.1 Å². The fraction of sp³-hybridized carbons (Fsp3) is 0.240. The van der Waals surface area contributed by atoms with Gasteiger partial charge in [0.2, 0.25) is 15.9 Å². The second-order valence-corrected chi connectivity index (χ2v) is 10.4. The number of sulfonamides is 1. The minimum atomic E-state index is -3.53. The quantitative estimate of drug-likeness (QED) is 0.368. The molecule has 2 aromatic carbocycles. The van der Waals surface area contributed by atoms with Crippen molar-refractivity contribution in [2.24, 2.45) is 0 Å². The minimum absolute atomic E-state index is 0.171. The summed E-state index contributed by atoms with van der Waals surface area (Å²) in [7, 11) is -0.544. The zero-order valence-corrected chi connectivity index (χ0v) is 20.5. The molecule has 0 saturated heterocycles. The summed E-state index contributed by atoms with van der Waals surface area (Å²) < 4.78 is 33.8. The molecular formula is C25H26N6O3S. The Morgan fingerprint density at radius 3 is 2.49 bits per heavy atom. The van der Waals surface area contributed by atoms with Crippen molar-refractivity contribution in [3.05, 3.63) is 72.4 Å². The first kappa shape index (κ1) is 24.2. The van der Waals surface area contributed by atoms with E-state index >= 15 is 0 Å². The van der Waals surface area contributed by atoms with Gasteiger partial charge in [-0.2, -0.15) is 10.4 Å². The summed E-state index contributed by atoms with van der Waals surface area (Å²) in [5.41, 5.74) is 2.43. The molecule has 9 nitrogen and oxygen atoms in total. The maximum absolute atomic E-state index is 12.4. The van der Waals surface area contributed by atoms with Crippen molar-refractivity contribution in [1.82, 2.24) is 19.1 Å². The highest BCUT2D eigenvalue weighted by molar-refractivity contribution is 7.89. The normalized spacial score (nSPS) is 12.4. The van der Waals surface area contributed by atoms with Crippen molar-refractivity contribution >= 4 is 32.4 Å². The molecule has 2 heterocycles. The highest BCUT2D eigenvalue weighted by Crippen LogP contribution is 2.35. The van der Waals surface area contributed by atoms with E-state index in [1.54, 1.807) is 35.1 Å². The third kappa shape index (κ3) is 5.11. The fourth-order valence-corrected chi connectivity index (χ4v) is 4.49. The molecule has 180 valence electrons. The SMILES string of the molecule is CC(CC#N)n1nc(Nc2ccc(S(=O)(=O)N(C)C)cc2)c2c(OCc3ccccc3)nccc21. The van der Waals surface area contributed by atoms with Gasteiger partial charge in [0.1, 0.15) is 12.0 Å². The molecule has 0 amide bonds. The van der Waals surface area contributed by atoms with E-state index in [2.05, 4.69) is 16.4 Å². The number of nitrogens with one attached hydrogen (secondary N) is 1. The molecule has 0 aliphatic rings. The van der Waals surface area contributed by atoms with Crippen molar-refractivity contribution in [3.8, 4) is 11.9 Å². The van der Waals surface area contributed by atoms with Crippen LogP contribution in [0.1, 0.15) is 24.9 Å². The zero-order valence-electron chi connectivity index (χ0n) is 19.7. The zero-order chi connectivity index (χ0) is 25.0. The van der Waals surface area contributed by atoms with E-state index in [-0.39, 0.29) is 17.4 Å². The molecule has 0 spiro atoms. The van der Waals surface area contributed by atoms with Gasteiger partial charge in [0, 0.05) is 26.0 Å². The van der Waals surface area contributed by atoms with Crippen LogP contribution in [0, 0.1) is 11.3 Å². The average Bonchev–Trinajstić information content (AvgIpc) is 3.23. The van der Waals surface area contributed by atoms with E-state index in [0.29, 0.717) is 29.4 Å². The molecule has 0 radical (unpaired) electrons. The number of ether oxygens (including phenoxy) is 1. The van der Waals surface area contributed by atoms with Gasteiger partial charge in [-0.05, 0) is 42.8 Å². The number of fused-ring (bicyclic) bond motifs is 1. The lowest BCUT2D eigenvalue weighted by Crippen LogP contribution is -2.22. The largest absolute Gasteiger partial charge is 0.472 e. The van der Waals surface area contributed by atoms with E-state index in [4.69, 9.17) is 9.84 Å². The molecule has 0 saturated carbocycles. The number of hydrogen-bond acceptors (Lipinski definition) is 7. The van der Waals surface area contributed by atoms with Crippen LogP contribution in [-0.4, -0.2) is 41.6 Å². The Morgan fingerprint density at radius 2 is 1.83 bits per heavy atom. The fourth-order valence-electron chi connectivity index (χ4n) is 3.59. The number of pyridine rings is 1. The van der Waals surface area contributed by atoms with Crippen LogP contribution in [0.3, 0.4) is 0 Å². The second-order valence-electron chi connectivity index (χ2n) is 8.23. The molecule has 0 aliphatic carbocycles. The molecule has 1 N–H and O–H groups in total. The van der Waals surface area contributed by atoms with Crippen LogP contribution in [0.5, 0.6) is 5.88 Å². The van der Waals surface area contributed by atoms with Crippen LogP contribution in [0.4, 0.5) is 11.5 Å². The summed E-state index contributed by atoms with van der Waals surface area (Å²) in [6.45, 7) is 2.26. The molecule has 0 fully saturated rings. The average molecular weight is 491 g/mol. The van der Waals surface area contributed by atoms with Crippen molar-refractivity contribution in [3.63, 3.8) is 0 Å². The molecule has 0 aliphatic heterocycles. The summed E-state index contributed by atoms with van der Waals surface area (Å²) in [4.78, 5) is 4.64. The first-order chi connectivity index (χ1) is 16.8. The van der Waals surface area contributed by atoms with Crippen LogP contribution < -0.4 is 10.1 Å². The maximum Gasteiger partial charge on any atom is 0.242 e. The lowest BCUT2D eigenvalue weighted by Gasteiger charge is -2.12. The van der Waals surface area contributed by atoms with Crippen molar-refractivity contribution in [2.75, 3.05) is 19.4 Å².